The molecule has 1 fully saturated rings. The number of furan rings is 1. The molecule has 0 aliphatic heterocycles. The van der Waals surface area contributed by atoms with Gasteiger partial charge in [0.15, 0.2) is 5.76 Å². The number of thioether (sulfide) groups is 1. The molecule has 1 aliphatic carbocycles. The van der Waals surface area contributed by atoms with Gasteiger partial charge in [0.2, 0.25) is 5.91 Å². The zero-order chi connectivity index (χ0) is 19.4. The molecule has 0 radical (unpaired) electrons. The molecule has 2 amide bonds. The Morgan fingerprint density at radius 2 is 1.92 bits per heavy atom. The molecule has 1 aromatic heterocycles. The van der Waals surface area contributed by atoms with E-state index in [2.05, 4.69) is 38.3 Å². The monoisotopic (exact) mass is 380 g/mol. The van der Waals surface area contributed by atoms with Crippen LogP contribution in [0.25, 0.3) is 0 Å². The van der Waals surface area contributed by atoms with Crippen LogP contribution in [0.15, 0.2) is 22.8 Å². The maximum Gasteiger partial charge on any atom is 0.287 e. The predicted molar refractivity (Wildman–Crippen MR) is 106 cm³/mol. The lowest BCUT2D eigenvalue weighted by Crippen LogP contribution is -2.53. The second kappa shape index (κ2) is 8.51. The number of hydrogen-bond acceptors (Lipinski definition) is 4. The van der Waals surface area contributed by atoms with Gasteiger partial charge in [0.05, 0.1) is 6.26 Å². The van der Waals surface area contributed by atoms with E-state index in [0.717, 1.165) is 25.0 Å². The SMILES string of the molecule is CSCCC(NC(=O)c1ccco1)C(=O)NC1CC(C)(C)CC(C)(C)C1. The van der Waals surface area contributed by atoms with Crippen molar-refractivity contribution in [1.82, 2.24) is 10.6 Å². The molecule has 1 heterocycles. The van der Waals surface area contributed by atoms with Crippen molar-refractivity contribution in [2.45, 2.75) is 65.5 Å². The lowest BCUT2D eigenvalue weighted by Gasteiger charge is -2.45. The Morgan fingerprint density at radius 3 is 2.46 bits per heavy atom. The average molecular weight is 381 g/mol. The van der Waals surface area contributed by atoms with Crippen LogP contribution in [0.5, 0.6) is 0 Å². The van der Waals surface area contributed by atoms with E-state index in [0.29, 0.717) is 6.42 Å². The number of carbonyl (C=O) groups is 2. The Balaban J connectivity index is 2.02. The second-order valence-electron chi connectivity index (χ2n) is 8.90. The summed E-state index contributed by atoms with van der Waals surface area (Å²) in [6.45, 7) is 9.04. The maximum absolute atomic E-state index is 12.9. The molecule has 5 nitrogen and oxygen atoms in total. The van der Waals surface area contributed by atoms with Crippen LogP contribution in [-0.2, 0) is 4.79 Å². The van der Waals surface area contributed by atoms with E-state index in [4.69, 9.17) is 4.42 Å². The number of carbonyl (C=O) groups excluding carboxylic acids is 2. The van der Waals surface area contributed by atoms with Gasteiger partial charge < -0.3 is 15.1 Å². The van der Waals surface area contributed by atoms with E-state index in [1.54, 1.807) is 23.9 Å². The van der Waals surface area contributed by atoms with Crippen LogP contribution in [0.1, 0.15) is 63.9 Å². The summed E-state index contributed by atoms with van der Waals surface area (Å²) in [5, 5.41) is 6.02. The van der Waals surface area contributed by atoms with Crippen LogP contribution in [0.3, 0.4) is 0 Å². The van der Waals surface area contributed by atoms with Gasteiger partial charge in [-0.15, -0.1) is 0 Å². The molecule has 0 saturated heterocycles. The smallest absolute Gasteiger partial charge is 0.287 e. The van der Waals surface area contributed by atoms with Crippen LogP contribution < -0.4 is 10.6 Å². The van der Waals surface area contributed by atoms with E-state index < -0.39 is 6.04 Å². The molecule has 0 aromatic carbocycles. The highest BCUT2D eigenvalue weighted by atomic mass is 32.2. The highest BCUT2D eigenvalue weighted by Gasteiger charge is 2.39. The first kappa shape index (κ1) is 20.9. The fourth-order valence-corrected chi connectivity index (χ4v) is 4.86. The first-order chi connectivity index (χ1) is 12.1. The molecule has 1 atom stereocenters. The van der Waals surface area contributed by atoms with Crippen molar-refractivity contribution >= 4 is 23.6 Å². The number of nitrogens with one attached hydrogen (secondary N) is 2. The van der Waals surface area contributed by atoms with Gasteiger partial charge in [0, 0.05) is 6.04 Å². The normalized spacial score (nSPS) is 20.3. The third kappa shape index (κ3) is 6.08. The lowest BCUT2D eigenvalue weighted by molar-refractivity contribution is -0.124. The Hall–Kier alpha value is -1.43. The lowest BCUT2D eigenvalue weighted by atomic mass is 9.63. The third-order valence-corrected chi connectivity index (χ3v) is 5.52. The summed E-state index contributed by atoms with van der Waals surface area (Å²) >= 11 is 1.66. The minimum absolute atomic E-state index is 0.0996. The van der Waals surface area contributed by atoms with Gasteiger partial charge in [-0.25, -0.2) is 0 Å². The summed E-state index contributed by atoms with van der Waals surface area (Å²) in [4.78, 5) is 25.2. The third-order valence-electron chi connectivity index (χ3n) is 4.88. The zero-order valence-corrected chi connectivity index (χ0v) is 17.4. The van der Waals surface area contributed by atoms with Gasteiger partial charge in [-0.2, -0.15) is 11.8 Å². The number of amides is 2. The molecule has 1 aliphatic rings. The highest BCUT2D eigenvalue weighted by Crippen LogP contribution is 2.45. The molecule has 1 unspecified atom stereocenters. The van der Waals surface area contributed by atoms with Crippen LogP contribution in [0, 0.1) is 10.8 Å². The molecule has 0 bridgehead atoms. The first-order valence-electron chi connectivity index (χ1n) is 9.26. The molecule has 6 heteroatoms. The summed E-state index contributed by atoms with van der Waals surface area (Å²) in [5.74, 6) is 0.586. The van der Waals surface area contributed by atoms with Crippen LogP contribution in [-0.4, -0.2) is 35.9 Å². The van der Waals surface area contributed by atoms with Crippen molar-refractivity contribution in [3.8, 4) is 0 Å². The highest BCUT2D eigenvalue weighted by molar-refractivity contribution is 7.98. The largest absolute Gasteiger partial charge is 0.459 e. The minimum atomic E-state index is -0.548. The number of hydrogen-bond donors (Lipinski definition) is 2. The van der Waals surface area contributed by atoms with Gasteiger partial charge in [-0.05, 0) is 60.7 Å². The molecule has 26 heavy (non-hydrogen) atoms. The van der Waals surface area contributed by atoms with Crippen LogP contribution in [0.4, 0.5) is 0 Å². The molecule has 2 N–H and O–H groups in total. The summed E-state index contributed by atoms with van der Waals surface area (Å²) in [6, 6.07) is 2.86. The second-order valence-corrected chi connectivity index (χ2v) is 9.89. The molecule has 2 rings (SSSR count). The fourth-order valence-electron chi connectivity index (χ4n) is 4.39. The van der Waals surface area contributed by atoms with Crippen molar-refractivity contribution in [2.75, 3.05) is 12.0 Å². The Morgan fingerprint density at radius 1 is 1.27 bits per heavy atom. The predicted octanol–water partition coefficient (Wildman–Crippen LogP) is 3.85. The average Bonchev–Trinajstić information content (AvgIpc) is 3.02. The molecular weight excluding hydrogens is 348 g/mol. The summed E-state index contributed by atoms with van der Waals surface area (Å²) < 4.78 is 5.14. The van der Waals surface area contributed by atoms with Gasteiger partial charge >= 0.3 is 0 Å². The van der Waals surface area contributed by atoms with E-state index in [1.807, 2.05) is 6.26 Å². The maximum atomic E-state index is 12.9. The first-order valence-corrected chi connectivity index (χ1v) is 10.6. The van der Waals surface area contributed by atoms with E-state index in [-0.39, 0.29) is 34.4 Å². The Labute approximate surface area is 161 Å². The van der Waals surface area contributed by atoms with Gasteiger partial charge in [0.1, 0.15) is 6.04 Å². The molecule has 1 saturated carbocycles. The van der Waals surface area contributed by atoms with E-state index in [1.165, 1.54) is 6.26 Å². The Bertz CT molecular complexity index is 595. The summed E-state index contributed by atoms with van der Waals surface area (Å²) in [6.07, 6.45) is 7.12. The van der Waals surface area contributed by atoms with Gasteiger partial charge in [0.25, 0.3) is 5.91 Å². The topological polar surface area (TPSA) is 71.3 Å². The van der Waals surface area contributed by atoms with Crippen molar-refractivity contribution < 1.29 is 14.0 Å². The van der Waals surface area contributed by atoms with Crippen molar-refractivity contribution in [3.63, 3.8) is 0 Å². The fraction of sp³-hybridized carbons (Fsp3) is 0.700. The van der Waals surface area contributed by atoms with E-state index >= 15 is 0 Å². The van der Waals surface area contributed by atoms with Crippen molar-refractivity contribution in [3.05, 3.63) is 24.2 Å². The molecule has 1 aromatic rings. The molecular formula is C20H32N2O3S. The van der Waals surface area contributed by atoms with E-state index in [9.17, 15) is 9.59 Å². The Kier molecular flexibility index (Phi) is 6.83. The number of rotatable bonds is 7. The quantitative estimate of drug-likeness (QED) is 0.754. The zero-order valence-electron chi connectivity index (χ0n) is 16.6. The molecule has 0 spiro atoms. The minimum Gasteiger partial charge on any atom is -0.459 e. The van der Waals surface area contributed by atoms with Gasteiger partial charge in [-0.1, -0.05) is 27.7 Å². The van der Waals surface area contributed by atoms with Crippen LogP contribution in [0.2, 0.25) is 0 Å². The summed E-state index contributed by atoms with van der Waals surface area (Å²) in [7, 11) is 0. The van der Waals surface area contributed by atoms with Gasteiger partial charge in [-0.3, -0.25) is 9.59 Å². The standard InChI is InChI=1S/C20H32N2O3S/c1-19(2)11-14(12-20(3,4)13-19)21-17(23)15(8-10-26-5)22-18(24)16-7-6-9-25-16/h6-7,9,14-15H,8,10-13H2,1-5H3,(H,21,23)(H,22,24). The molecule has 146 valence electrons. The van der Waals surface area contributed by atoms with Crippen LogP contribution >= 0.6 is 11.8 Å². The van der Waals surface area contributed by atoms with Crippen molar-refractivity contribution in [2.24, 2.45) is 10.8 Å². The summed E-state index contributed by atoms with van der Waals surface area (Å²) in [5.41, 5.74) is 0.401. The van der Waals surface area contributed by atoms with Crippen molar-refractivity contribution in [1.29, 1.82) is 0 Å².